The fourth-order valence-corrected chi connectivity index (χ4v) is 5.43. The van der Waals surface area contributed by atoms with Crippen molar-refractivity contribution in [3.63, 3.8) is 0 Å². The number of anilines is 1. The van der Waals surface area contributed by atoms with Gasteiger partial charge in [0.1, 0.15) is 0 Å². The molecule has 34 heavy (non-hydrogen) atoms. The number of amides is 1. The number of nitrogens with zero attached hydrogens (tertiary/aromatic N) is 4. The summed E-state index contributed by atoms with van der Waals surface area (Å²) in [6.07, 6.45) is 0.753. The van der Waals surface area contributed by atoms with E-state index < -0.39 is 14.9 Å². The first-order valence-corrected chi connectivity index (χ1v) is 12.3. The Morgan fingerprint density at radius 3 is 2.38 bits per heavy atom. The van der Waals surface area contributed by atoms with Gasteiger partial charge in [-0.1, -0.05) is 30.3 Å². The first kappa shape index (κ1) is 23.6. The zero-order valence-electron chi connectivity index (χ0n) is 18.6. The highest BCUT2D eigenvalue weighted by atomic mass is 32.2. The minimum atomic E-state index is -3.78. The highest BCUT2D eigenvalue weighted by molar-refractivity contribution is 7.89. The number of rotatable bonds is 7. The molecule has 11 heteroatoms. The normalized spacial score (nSPS) is 15.2. The van der Waals surface area contributed by atoms with Crippen LogP contribution in [0.1, 0.15) is 24.1 Å². The lowest BCUT2D eigenvalue weighted by molar-refractivity contribution is -0.384. The predicted octanol–water partition coefficient (Wildman–Crippen LogP) is 3.19. The third-order valence-electron chi connectivity index (χ3n) is 5.92. The van der Waals surface area contributed by atoms with Crippen molar-refractivity contribution < 1.29 is 18.1 Å². The lowest BCUT2D eigenvalue weighted by Gasteiger charge is -2.30. The van der Waals surface area contributed by atoms with E-state index in [4.69, 9.17) is 0 Å². The molecular weight excluding hydrogens is 458 g/mol. The fourth-order valence-electron chi connectivity index (χ4n) is 3.96. The first-order valence-electron chi connectivity index (χ1n) is 10.9. The number of hydrogen-bond acceptors (Lipinski definition) is 6. The van der Waals surface area contributed by atoms with E-state index in [2.05, 4.69) is 10.4 Å². The van der Waals surface area contributed by atoms with Crippen LogP contribution in [0.4, 0.5) is 11.5 Å². The molecule has 1 aliphatic heterocycles. The molecule has 4 rings (SSSR count). The smallest absolute Gasteiger partial charge is 0.269 e. The van der Waals surface area contributed by atoms with Crippen molar-refractivity contribution in [2.75, 3.05) is 18.4 Å². The molecule has 0 unspecified atom stereocenters. The number of nitrogens with one attached hydrogen (secondary N) is 1. The highest BCUT2D eigenvalue weighted by Crippen LogP contribution is 2.26. The average molecular weight is 484 g/mol. The lowest BCUT2D eigenvalue weighted by atomic mass is 9.97. The summed E-state index contributed by atoms with van der Waals surface area (Å²) < 4.78 is 28.9. The Labute approximate surface area is 197 Å². The minimum Gasteiger partial charge on any atom is -0.309 e. The molecule has 0 spiro atoms. The first-order chi connectivity index (χ1) is 16.2. The third kappa shape index (κ3) is 5.15. The number of piperidine rings is 1. The Hall–Kier alpha value is -3.57. The summed E-state index contributed by atoms with van der Waals surface area (Å²) in [6.45, 7) is 2.91. The quantitative estimate of drug-likeness (QED) is 0.406. The number of benzene rings is 2. The lowest BCUT2D eigenvalue weighted by Crippen LogP contribution is -2.41. The van der Waals surface area contributed by atoms with Gasteiger partial charge in [0.2, 0.25) is 15.9 Å². The molecule has 1 amide bonds. The predicted molar refractivity (Wildman–Crippen MR) is 126 cm³/mol. The van der Waals surface area contributed by atoms with Crippen LogP contribution in [0, 0.1) is 23.0 Å². The van der Waals surface area contributed by atoms with E-state index in [1.807, 2.05) is 48.0 Å². The van der Waals surface area contributed by atoms with Crippen LogP contribution < -0.4 is 5.32 Å². The Balaban J connectivity index is 1.35. The molecule has 2 heterocycles. The monoisotopic (exact) mass is 483 g/mol. The highest BCUT2D eigenvalue weighted by Gasteiger charge is 2.32. The van der Waals surface area contributed by atoms with Gasteiger partial charge in [0.15, 0.2) is 5.82 Å². The molecule has 178 valence electrons. The van der Waals surface area contributed by atoms with Crippen LogP contribution in [0.2, 0.25) is 0 Å². The van der Waals surface area contributed by atoms with Crippen LogP contribution in [0.25, 0.3) is 0 Å². The van der Waals surface area contributed by atoms with E-state index in [0.717, 1.165) is 11.3 Å². The molecule has 0 atom stereocenters. The largest absolute Gasteiger partial charge is 0.309 e. The second-order valence-corrected chi connectivity index (χ2v) is 10.2. The van der Waals surface area contributed by atoms with Crippen molar-refractivity contribution in [3.05, 3.63) is 82.0 Å². The second-order valence-electron chi connectivity index (χ2n) is 8.23. The molecule has 3 aromatic rings. The average Bonchev–Trinajstić information content (AvgIpc) is 3.18. The minimum absolute atomic E-state index is 0.000401. The fraction of sp³-hybridized carbons (Fsp3) is 0.304. The maximum atomic E-state index is 12.9. The zero-order chi connectivity index (χ0) is 24.3. The van der Waals surface area contributed by atoms with Gasteiger partial charge in [0, 0.05) is 42.9 Å². The number of sulfonamides is 1. The molecule has 1 aromatic heterocycles. The van der Waals surface area contributed by atoms with Crippen molar-refractivity contribution in [2.24, 2.45) is 5.92 Å². The topological polar surface area (TPSA) is 127 Å². The number of non-ortho nitro benzene ring substituents is 1. The van der Waals surface area contributed by atoms with Crippen molar-refractivity contribution >= 4 is 27.4 Å². The summed E-state index contributed by atoms with van der Waals surface area (Å²) in [6, 6.07) is 16.5. The van der Waals surface area contributed by atoms with Gasteiger partial charge in [0.05, 0.1) is 16.4 Å². The zero-order valence-corrected chi connectivity index (χ0v) is 19.4. The summed E-state index contributed by atoms with van der Waals surface area (Å²) in [7, 11) is -3.78. The number of nitro groups is 1. The maximum Gasteiger partial charge on any atom is 0.269 e. The van der Waals surface area contributed by atoms with E-state index in [9.17, 15) is 23.3 Å². The molecular formula is C23H25N5O5S. The maximum absolute atomic E-state index is 12.9. The molecule has 0 radical (unpaired) electrons. The van der Waals surface area contributed by atoms with Crippen molar-refractivity contribution in [1.82, 2.24) is 14.1 Å². The molecule has 0 saturated carbocycles. The van der Waals surface area contributed by atoms with E-state index in [0.29, 0.717) is 25.2 Å². The van der Waals surface area contributed by atoms with E-state index in [-0.39, 0.29) is 35.5 Å². The van der Waals surface area contributed by atoms with Crippen LogP contribution in [0.15, 0.2) is 65.6 Å². The standard InChI is InChI=1S/C23H25N5O5S/c1-17-15-22(25-27(17)16-18-5-3-2-4-6-18)24-23(29)19-11-13-26(14-12-19)34(32,33)21-9-7-20(8-10-21)28(30)31/h2-10,15,19H,11-14,16H2,1H3,(H,24,25,29). The SMILES string of the molecule is Cc1cc(NC(=O)C2CCN(S(=O)(=O)c3ccc([N+](=O)[O-])cc3)CC2)nn1Cc1ccccc1. The van der Waals surface area contributed by atoms with Crippen molar-refractivity contribution in [2.45, 2.75) is 31.2 Å². The van der Waals surface area contributed by atoms with E-state index >= 15 is 0 Å². The Morgan fingerprint density at radius 1 is 1.12 bits per heavy atom. The molecule has 0 bridgehead atoms. The molecule has 1 N–H and O–H groups in total. The number of aryl methyl sites for hydroxylation is 1. The Kier molecular flexibility index (Phi) is 6.75. The number of carbonyl (C=O) groups excluding carboxylic acids is 1. The van der Waals surface area contributed by atoms with Gasteiger partial charge < -0.3 is 5.32 Å². The van der Waals surface area contributed by atoms with Crippen LogP contribution in [0.5, 0.6) is 0 Å². The van der Waals surface area contributed by atoms with Gasteiger partial charge in [-0.2, -0.15) is 9.40 Å². The summed E-state index contributed by atoms with van der Waals surface area (Å²) in [5.41, 5.74) is 1.85. The van der Waals surface area contributed by atoms with Crippen LogP contribution in [-0.4, -0.2) is 46.4 Å². The van der Waals surface area contributed by atoms with E-state index in [1.165, 1.54) is 28.6 Å². The number of nitro benzene ring substituents is 1. The van der Waals surface area contributed by atoms with E-state index in [1.54, 1.807) is 0 Å². The van der Waals surface area contributed by atoms with Gasteiger partial charge in [-0.15, -0.1) is 0 Å². The summed E-state index contributed by atoms with van der Waals surface area (Å²) in [5, 5.41) is 18.1. The van der Waals surface area contributed by atoms with Crippen LogP contribution in [0.3, 0.4) is 0 Å². The molecule has 0 aliphatic carbocycles. The van der Waals surface area contributed by atoms with Crippen LogP contribution in [-0.2, 0) is 21.4 Å². The Morgan fingerprint density at radius 2 is 1.76 bits per heavy atom. The summed E-state index contributed by atoms with van der Waals surface area (Å²) in [4.78, 5) is 23.0. The third-order valence-corrected chi connectivity index (χ3v) is 7.83. The van der Waals surface area contributed by atoms with Crippen LogP contribution >= 0.6 is 0 Å². The Bertz CT molecular complexity index is 1280. The van der Waals surface area contributed by atoms with Gasteiger partial charge >= 0.3 is 0 Å². The molecule has 1 aliphatic rings. The summed E-state index contributed by atoms with van der Waals surface area (Å²) in [5.74, 6) is -0.0426. The van der Waals surface area contributed by atoms with Gasteiger partial charge in [0.25, 0.3) is 5.69 Å². The molecule has 10 nitrogen and oxygen atoms in total. The molecule has 2 aromatic carbocycles. The van der Waals surface area contributed by atoms with Crippen molar-refractivity contribution in [3.8, 4) is 0 Å². The van der Waals surface area contributed by atoms with Gasteiger partial charge in [-0.05, 0) is 37.5 Å². The van der Waals surface area contributed by atoms with Gasteiger partial charge in [-0.25, -0.2) is 8.42 Å². The van der Waals surface area contributed by atoms with Gasteiger partial charge in [-0.3, -0.25) is 19.6 Å². The number of carbonyl (C=O) groups is 1. The number of aromatic nitrogens is 2. The number of hydrogen-bond donors (Lipinski definition) is 1. The molecule has 1 saturated heterocycles. The molecule has 1 fully saturated rings. The van der Waals surface area contributed by atoms with Crippen molar-refractivity contribution in [1.29, 1.82) is 0 Å². The second kappa shape index (κ2) is 9.74. The summed E-state index contributed by atoms with van der Waals surface area (Å²) >= 11 is 0.